The number of nitrogens with zero attached hydrogens (tertiary/aromatic N) is 2. The first-order valence-electron chi connectivity index (χ1n) is 6.66. The molecule has 0 saturated heterocycles. The van der Waals surface area contributed by atoms with Crippen LogP contribution in [0.25, 0.3) is 0 Å². The monoisotopic (exact) mass is 265 g/mol. The number of hydrogen-bond donors (Lipinski definition) is 1. The van der Waals surface area contributed by atoms with Crippen LogP contribution in [0.4, 0.5) is 11.4 Å². The zero-order valence-electron chi connectivity index (χ0n) is 11.9. The molecule has 0 aliphatic rings. The normalized spacial score (nSPS) is 11.4. The van der Waals surface area contributed by atoms with Crippen molar-refractivity contribution in [3.63, 3.8) is 0 Å². The largest absolute Gasteiger partial charge is 0.383 e. The zero-order chi connectivity index (χ0) is 14.4. The van der Waals surface area contributed by atoms with Crippen molar-refractivity contribution in [2.24, 2.45) is 0 Å². The summed E-state index contributed by atoms with van der Waals surface area (Å²) in [5.41, 5.74) is 3.22. The molecule has 0 heterocycles. The van der Waals surface area contributed by atoms with Crippen LogP contribution < -0.4 is 10.2 Å². The Balaban J connectivity index is 2.04. The van der Waals surface area contributed by atoms with E-state index in [1.54, 1.807) is 0 Å². The number of nitrogens with one attached hydrogen (secondary N) is 1. The summed E-state index contributed by atoms with van der Waals surface area (Å²) < 4.78 is 0. The van der Waals surface area contributed by atoms with E-state index in [9.17, 15) is 5.26 Å². The summed E-state index contributed by atoms with van der Waals surface area (Å²) in [7, 11) is 4.03. The average Bonchev–Trinajstić information content (AvgIpc) is 2.49. The summed E-state index contributed by atoms with van der Waals surface area (Å²) in [5, 5.41) is 12.6. The molecule has 2 aromatic rings. The fraction of sp³-hybridized carbons (Fsp3) is 0.235. The standard InChI is InChI=1S/C17H19N3/c1-20(2)17-10-6-9-16(11-17)19-13-15(12-18)14-7-4-3-5-8-14/h3-11,15,19H,13H2,1-2H3. The van der Waals surface area contributed by atoms with Gasteiger partial charge in [0.1, 0.15) is 0 Å². The van der Waals surface area contributed by atoms with Crippen LogP contribution in [0, 0.1) is 11.3 Å². The minimum atomic E-state index is -0.140. The molecule has 1 atom stereocenters. The summed E-state index contributed by atoms with van der Waals surface area (Å²) >= 11 is 0. The molecular weight excluding hydrogens is 246 g/mol. The van der Waals surface area contributed by atoms with Crippen molar-refractivity contribution >= 4 is 11.4 Å². The molecule has 3 heteroatoms. The highest BCUT2D eigenvalue weighted by Gasteiger charge is 2.09. The summed E-state index contributed by atoms with van der Waals surface area (Å²) in [6.45, 7) is 0.609. The minimum Gasteiger partial charge on any atom is -0.383 e. The van der Waals surface area contributed by atoms with E-state index in [0.29, 0.717) is 6.54 Å². The second-order valence-electron chi connectivity index (χ2n) is 4.92. The zero-order valence-corrected chi connectivity index (χ0v) is 11.9. The summed E-state index contributed by atoms with van der Waals surface area (Å²) in [4.78, 5) is 2.06. The SMILES string of the molecule is CN(C)c1cccc(NCC(C#N)c2ccccc2)c1. The third-order valence-corrected chi connectivity index (χ3v) is 3.23. The van der Waals surface area contributed by atoms with E-state index < -0.39 is 0 Å². The molecule has 102 valence electrons. The molecule has 0 saturated carbocycles. The van der Waals surface area contributed by atoms with Crippen LogP contribution in [0.15, 0.2) is 54.6 Å². The van der Waals surface area contributed by atoms with Crippen molar-refractivity contribution in [3.05, 3.63) is 60.2 Å². The third-order valence-electron chi connectivity index (χ3n) is 3.23. The second-order valence-corrected chi connectivity index (χ2v) is 4.92. The van der Waals surface area contributed by atoms with Crippen LogP contribution in [0.2, 0.25) is 0 Å². The first-order chi connectivity index (χ1) is 9.70. The van der Waals surface area contributed by atoms with Crippen molar-refractivity contribution in [1.82, 2.24) is 0 Å². The van der Waals surface area contributed by atoms with Crippen molar-refractivity contribution in [2.75, 3.05) is 30.9 Å². The van der Waals surface area contributed by atoms with Gasteiger partial charge in [-0.2, -0.15) is 5.26 Å². The molecule has 0 radical (unpaired) electrons. The Morgan fingerprint density at radius 3 is 2.50 bits per heavy atom. The molecule has 0 aromatic heterocycles. The van der Waals surface area contributed by atoms with E-state index in [1.165, 1.54) is 0 Å². The van der Waals surface area contributed by atoms with Gasteiger partial charge in [0.15, 0.2) is 0 Å². The predicted molar refractivity (Wildman–Crippen MR) is 84.1 cm³/mol. The van der Waals surface area contributed by atoms with E-state index in [0.717, 1.165) is 16.9 Å². The van der Waals surface area contributed by atoms with Crippen LogP contribution in [0.5, 0.6) is 0 Å². The van der Waals surface area contributed by atoms with Crippen molar-refractivity contribution in [2.45, 2.75) is 5.92 Å². The van der Waals surface area contributed by atoms with Gasteiger partial charge in [0, 0.05) is 32.0 Å². The maximum Gasteiger partial charge on any atom is 0.0885 e. The average molecular weight is 265 g/mol. The van der Waals surface area contributed by atoms with E-state index in [2.05, 4.69) is 28.4 Å². The van der Waals surface area contributed by atoms with E-state index in [1.807, 2.05) is 56.6 Å². The Bertz CT molecular complexity index is 585. The Labute approximate surface area is 120 Å². The fourth-order valence-corrected chi connectivity index (χ4v) is 2.04. The molecule has 0 aliphatic heterocycles. The van der Waals surface area contributed by atoms with E-state index in [-0.39, 0.29) is 5.92 Å². The maximum atomic E-state index is 9.30. The number of hydrogen-bond acceptors (Lipinski definition) is 3. The van der Waals surface area contributed by atoms with Crippen molar-refractivity contribution in [1.29, 1.82) is 5.26 Å². The maximum absolute atomic E-state index is 9.30. The van der Waals surface area contributed by atoms with Gasteiger partial charge >= 0.3 is 0 Å². The first-order valence-corrected chi connectivity index (χ1v) is 6.66. The van der Waals surface area contributed by atoms with Gasteiger partial charge in [-0.1, -0.05) is 36.4 Å². The summed E-state index contributed by atoms with van der Waals surface area (Å²) in [6.07, 6.45) is 0. The molecule has 0 fully saturated rings. The van der Waals surface area contributed by atoms with E-state index >= 15 is 0 Å². The van der Waals surface area contributed by atoms with Gasteiger partial charge in [-0.15, -0.1) is 0 Å². The molecule has 20 heavy (non-hydrogen) atoms. The lowest BCUT2D eigenvalue weighted by atomic mass is 10.0. The molecule has 0 aliphatic carbocycles. The van der Waals surface area contributed by atoms with Gasteiger partial charge in [0.2, 0.25) is 0 Å². The lowest BCUT2D eigenvalue weighted by Gasteiger charge is -2.16. The number of rotatable bonds is 5. The Hall–Kier alpha value is -2.47. The van der Waals surface area contributed by atoms with Crippen LogP contribution >= 0.6 is 0 Å². The molecule has 0 spiro atoms. The van der Waals surface area contributed by atoms with Crippen LogP contribution in [-0.4, -0.2) is 20.6 Å². The smallest absolute Gasteiger partial charge is 0.0885 e. The van der Waals surface area contributed by atoms with E-state index in [4.69, 9.17) is 0 Å². The predicted octanol–water partition coefficient (Wildman–Crippen LogP) is 3.47. The van der Waals surface area contributed by atoms with Gasteiger partial charge in [-0.05, 0) is 23.8 Å². The topological polar surface area (TPSA) is 39.1 Å². The molecule has 2 rings (SSSR count). The lowest BCUT2D eigenvalue weighted by molar-refractivity contribution is 0.900. The number of benzene rings is 2. The van der Waals surface area contributed by atoms with Crippen LogP contribution in [0.3, 0.4) is 0 Å². The first kappa shape index (κ1) is 14.0. The van der Waals surface area contributed by atoms with Gasteiger partial charge in [-0.25, -0.2) is 0 Å². The van der Waals surface area contributed by atoms with Crippen molar-refractivity contribution in [3.8, 4) is 6.07 Å². The molecule has 3 nitrogen and oxygen atoms in total. The minimum absolute atomic E-state index is 0.140. The number of nitriles is 1. The quantitative estimate of drug-likeness (QED) is 0.899. The highest BCUT2D eigenvalue weighted by atomic mass is 15.1. The fourth-order valence-electron chi connectivity index (χ4n) is 2.04. The molecular formula is C17H19N3. The summed E-state index contributed by atoms with van der Waals surface area (Å²) in [5.74, 6) is -0.140. The molecule has 1 unspecified atom stereocenters. The highest BCUT2D eigenvalue weighted by molar-refractivity contribution is 5.57. The Morgan fingerprint density at radius 1 is 1.10 bits per heavy atom. The summed E-state index contributed by atoms with van der Waals surface area (Å²) in [6, 6.07) is 20.4. The van der Waals surface area contributed by atoms with Gasteiger partial charge in [0.05, 0.1) is 12.0 Å². The second kappa shape index (κ2) is 6.63. The molecule has 0 bridgehead atoms. The lowest BCUT2D eigenvalue weighted by Crippen LogP contribution is -2.12. The van der Waals surface area contributed by atoms with Crippen LogP contribution in [0.1, 0.15) is 11.5 Å². The molecule has 1 N–H and O–H groups in total. The van der Waals surface area contributed by atoms with Gasteiger partial charge < -0.3 is 10.2 Å². The molecule has 2 aromatic carbocycles. The third kappa shape index (κ3) is 3.52. The van der Waals surface area contributed by atoms with Crippen molar-refractivity contribution < 1.29 is 0 Å². The Morgan fingerprint density at radius 2 is 1.85 bits per heavy atom. The molecule has 0 amide bonds. The van der Waals surface area contributed by atoms with Gasteiger partial charge in [-0.3, -0.25) is 0 Å². The highest BCUT2D eigenvalue weighted by Crippen LogP contribution is 2.19. The van der Waals surface area contributed by atoms with Crippen LogP contribution in [-0.2, 0) is 0 Å². The number of anilines is 2. The van der Waals surface area contributed by atoms with Gasteiger partial charge in [0.25, 0.3) is 0 Å². The Kier molecular flexibility index (Phi) is 4.62.